The van der Waals surface area contributed by atoms with E-state index in [2.05, 4.69) is 17.2 Å². The summed E-state index contributed by atoms with van der Waals surface area (Å²) >= 11 is 0. The van der Waals surface area contributed by atoms with E-state index in [0.717, 1.165) is 11.1 Å². The number of carbonyl (C=O) groups is 3. The summed E-state index contributed by atoms with van der Waals surface area (Å²) in [6, 6.07) is 4.74. The third kappa shape index (κ3) is 9.51. The number of carbonyl (C=O) groups excluding carboxylic acids is 3. The Kier molecular flexibility index (Phi) is 12.5. The minimum absolute atomic E-state index is 0.199. The van der Waals surface area contributed by atoms with Gasteiger partial charge in [-0.05, 0) is 30.2 Å². The molecule has 37 heavy (non-hydrogen) atoms. The number of nitrogens with one attached hydrogen (secondary N) is 1. The van der Waals surface area contributed by atoms with Gasteiger partial charge in [0.05, 0.1) is 59.5 Å². The first-order valence-corrected chi connectivity index (χ1v) is 12.5. The van der Waals surface area contributed by atoms with Gasteiger partial charge in [-0.3, -0.25) is 19.7 Å². The third-order valence-electron chi connectivity index (χ3n) is 5.68. The summed E-state index contributed by atoms with van der Waals surface area (Å²) in [6.07, 6.45) is 0.571. The molecule has 0 bridgehead atoms. The van der Waals surface area contributed by atoms with E-state index in [0.29, 0.717) is 84.5 Å². The second-order valence-corrected chi connectivity index (χ2v) is 8.36. The smallest absolute Gasteiger partial charge is 0.255 e. The molecule has 202 valence electrons. The number of benzene rings is 1. The highest BCUT2D eigenvalue weighted by Crippen LogP contribution is 2.28. The second-order valence-electron chi connectivity index (χ2n) is 8.36. The molecule has 0 radical (unpaired) electrons. The number of amides is 3. The van der Waals surface area contributed by atoms with Gasteiger partial charge >= 0.3 is 0 Å². The van der Waals surface area contributed by atoms with Crippen LogP contribution in [0.1, 0.15) is 34.3 Å². The van der Waals surface area contributed by atoms with Crippen LogP contribution < -0.4 is 11.1 Å². The van der Waals surface area contributed by atoms with E-state index in [1.807, 2.05) is 6.07 Å². The van der Waals surface area contributed by atoms with Gasteiger partial charge in [-0.25, -0.2) is 0 Å². The average Bonchev–Trinajstić information content (AvgIpc) is 3.21. The van der Waals surface area contributed by atoms with Crippen molar-refractivity contribution >= 4 is 17.7 Å². The molecule has 1 atom stereocenters. The van der Waals surface area contributed by atoms with E-state index in [4.69, 9.17) is 29.4 Å². The maximum Gasteiger partial charge on any atom is 0.255 e. The standard InChI is InChI=1S/C26H35N3O8/c27-7-9-34-11-13-36-15-17-37-16-14-35-12-10-33-8-1-2-20-3-4-22-21(18-20)19-29(26(22)32)23-5-6-24(30)28-25(23)31/h3-4,18,23H,5-17,19,27H2,(H,28,30,31). The molecule has 1 saturated heterocycles. The molecule has 0 saturated carbocycles. The van der Waals surface area contributed by atoms with Crippen molar-refractivity contribution in [1.82, 2.24) is 10.2 Å². The lowest BCUT2D eigenvalue weighted by atomic mass is 10.0. The molecule has 11 heteroatoms. The van der Waals surface area contributed by atoms with Gasteiger partial charge in [0.2, 0.25) is 11.8 Å². The largest absolute Gasteiger partial charge is 0.378 e. The molecule has 3 N–H and O–H groups in total. The van der Waals surface area contributed by atoms with Crippen LogP contribution >= 0.6 is 0 Å². The minimum Gasteiger partial charge on any atom is -0.378 e. The predicted octanol–water partition coefficient (Wildman–Crippen LogP) is -0.159. The average molecular weight is 518 g/mol. The maximum absolute atomic E-state index is 12.7. The van der Waals surface area contributed by atoms with Crippen LogP contribution in [0.2, 0.25) is 0 Å². The van der Waals surface area contributed by atoms with Crippen molar-refractivity contribution in [1.29, 1.82) is 0 Å². The summed E-state index contributed by atoms with van der Waals surface area (Å²) in [4.78, 5) is 37.8. The molecule has 3 rings (SSSR count). The molecule has 2 aliphatic heterocycles. The van der Waals surface area contributed by atoms with Crippen LogP contribution in [0, 0.1) is 11.8 Å². The van der Waals surface area contributed by atoms with Gasteiger partial charge < -0.3 is 34.3 Å². The molecule has 2 aliphatic rings. The zero-order valence-corrected chi connectivity index (χ0v) is 21.0. The molecule has 0 aliphatic carbocycles. The Morgan fingerprint density at radius 1 is 0.892 bits per heavy atom. The van der Waals surface area contributed by atoms with Gasteiger partial charge in [-0.15, -0.1) is 0 Å². The number of rotatable bonds is 16. The Labute approximate surface area is 216 Å². The van der Waals surface area contributed by atoms with Gasteiger partial charge in [0.15, 0.2) is 0 Å². The van der Waals surface area contributed by atoms with E-state index in [9.17, 15) is 14.4 Å². The topological polar surface area (TPSA) is 139 Å². The summed E-state index contributed by atoms with van der Waals surface area (Å²) < 4.78 is 26.9. The fraction of sp³-hybridized carbons (Fsp3) is 0.577. The molecular formula is C26H35N3O8. The molecule has 2 heterocycles. The van der Waals surface area contributed by atoms with Crippen LogP contribution in [0.4, 0.5) is 0 Å². The Balaban J connectivity index is 1.24. The highest BCUT2D eigenvalue weighted by molar-refractivity contribution is 6.05. The summed E-state index contributed by atoms with van der Waals surface area (Å²) in [6.45, 7) is 5.50. The first kappa shape index (κ1) is 28.7. The predicted molar refractivity (Wildman–Crippen MR) is 133 cm³/mol. The lowest BCUT2D eigenvalue weighted by molar-refractivity contribution is -0.136. The van der Waals surface area contributed by atoms with Gasteiger partial charge in [-0.1, -0.05) is 11.8 Å². The Morgan fingerprint density at radius 2 is 1.51 bits per heavy atom. The minimum atomic E-state index is -0.625. The normalized spacial score (nSPS) is 16.9. The first-order chi connectivity index (χ1) is 18.1. The number of hydrogen-bond acceptors (Lipinski definition) is 9. The van der Waals surface area contributed by atoms with Crippen LogP contribution in [-0.2, 0) is 39.8 Å². The van der Waals surface area contributed by atoms with E-state index in [1.165, 1.54) is 4.90 Å². The number of hydrogen-bond donors (Lipinski definition) is 2. The lowest BCUT2D eigenvalue weighted by Crippen LogP contribution is -2.52. The molecule has 3 amide bonds. The SMILES string of the molecule is NCCOCCOCCOCCOCCOCC#Cc1ccc2c(c1)CN(C1CCC(=O)NC1=O)C2=O. The molecule has 1 fully saturated rings. The molecular weight excluding hydrogens is 482 g/mol. The summed E-state index contributed by atoms with van der Waals surface area (Å²) in [7, 11) is 0. The number of piperidine rings is 1. The summed E-state index contributed by atoms with van der Waals surface area (Å²) in [5, 5.41) is 2.31. The maximum atomic E-state index is 12.7. The highest BCUT2D eigenvalue weighted by atomic mass is 16.6. The van der Waals surface area contributed by atoms with E-state index in [1.54, 1.807) is 12.1 Å². The number of fused-ring (bicyclic) bond motifs is 1. The second kappa shape index (κ2) is 16.1. The monoisotopic (exact) mass is 517 g/mol. The fourth-order valence-corrected chi connectivity index (χ4v) is 3.88. The number of nitrogens with zero attached hydrogens (tertiary/aromatic N) is 1. The number of nitrogens with two attached hydrogens (primary N) is 1. The summed E-state index contributed by atoms with van der Waals surface area (Å²) in [5.74, 6) is 5.07. The number of imide groups is 1. The molecule has 1 unspecified atom stereocenters. The van der Waals surface area contributed by atoms with Crippen LogP contribution in [0.15, 0.2) is 18.2 Å². The molecule has 0 aromatic heterocycles. The Bertz CT molecular complexity index is 974. The van der Waals surface area contributed by atoms with E-state index >= 15 is 0 Å². The van der Waals surface area contributed by atoms with Crippen molar-refractivity contribution in [3.05, 3.63) is 34.9 Å². The first-order valence-electron chi connectivity index (χ1n) is 12.5. The highest BCUT2D eigenvalue weighted by Gasteiger charge is 2.38. The van der Waals surface area contributed by atoms with Crippen LogP contribution in [-0.4, -0.2) is 101 Å². The van der Waals surface area contributed by atoms with Gasteiger partial charge in [-0.2, -0.15) is 0 Å². The van der Waals surface area contributed by atoms with Crippen molar-refractivity contribution < 1.29 is 38.1 Å². The van der Waals surface area contributed by atoms with Crippen molar-refractivity contribution in [2.45, 2.75) is 25.4 Å². The Morgan fingerprint density at radius 3 is 2.14 bits per heavy atom. The van der Waals surface area contributed by atoms with Gasteiger partial charge in [0, 0.05) is 30.6 Å². The van der Waals surface area contributed by atoms with Crippen molar-refractivity contribution in [3.63, 3.8) is 0 Å². The molecule has 1 aromatic carbocycles. The van der Waals surface area contributed by atoms with Crippen molar-refractivity contribution in [2.75, 3.05) is 72.6 Å². The fourth-order valence-electron chi connectivity index (χ4n) is 3.88. The number of ether oxygens (including phenoxy) is 5. The zero-order chi connectivity index (χ0) is 26.3. The van der Waals surface area contributed by atoms with E-state index < -0.39 is 11.9 Å². The van der Waals surface area contributed by atoms with Gasteiger partial charge in [0.25, 0.3) is 5.91 Å². The third-order valence-corrected chi connectivity index (χ3v) is 5.68. The quantitative estimate of drug-likeness (QED) is 0.174. The van der Waals surface area contributed by atoms with Crippen LogP contribution in [0.25, 0.3) is 0 Å². The van der Waals surface area contributed by atoms with Crippen LogP contribution in [0.3, 0.4) is 0 Å². The lowest BCUT2D eigenvalue weighted by Gasteiger charge is -2.29. The van der Waals surface area contributed by atoms with Gasteiger partial charge in [0.1, 0.15) is 12.6 Å². The molecule has 11 nitrogen and oxygen atoms in total. The van der Waals surface area contributed by atoms with Crippen LogP contribution in [0.5, 0.6) is 0 Å². The Hall–Kier alpha value is -2.85. The molecule has 0 spiro atoms. The van der Waals surface area contributed by atoms with E-state index in [-0.39, 0.29) is 24.8 Å². The van der Waals surface area contributed by atoms with Crippen molar-refractivity contribution in [3.8, 4) is 11.8 Å². The zero-order valence-electron chi connectivity index (χ0n) is 21.0. The molecule has 1 aromatic rings. The summed E-state index contributed by atoms with van der Waals surface area (Å²) in [5.41, 5.74) is 7.47. The van der Waals surface area contributed by atoms with Crippen molar-refractivity contribution in [2.24, 2.45) is 5.73 Å².